The van der Waals surface area contributed by atoms with Crippen LogP contribution in [0.2, 0.25) is 10.0 Å². The molecule has 1 aromatic rings. The highest BCUT2D eigenvalue weighted by molar-refractivity contribution is 6.35. The fourth-order valence-corrected chi connectivity index (χ4v) is 6.21. The normalized spacial score (nSPS) is 22.6. The molecular formula is C28H35Cl2N3O4. The molecule has 3 aliphatic rings. The van der Waals surface area contributed by atoms with Gasteiger partial charge in [-0.3, -0.25) is 24.1 Å². The van der Waals surface area contributed by atoms with Gasteiger partial charge in [-0.25, -0.2) is 0 Å². The Labute approximate surface area is 228 Å². The Morgan fingerprint density at radius 2 is 1.70 bits per heavy atom. The van der Waals surface area contributed by atoms with E-state index >= 15 is 0 Å². The van der Waals surface area contributed by atoms with Crippen molar-refractivity contribution in [2.75, 3.05) is 6.54 Å². The molecule has 1 saturated heterocycles. The number of rotatable bonds is 9. The van der Waals surface area contributed by atoms with Gasteiger partial charge in [0.25, 0.3) is 0 Å². The maximum atomic E-state index is 13.6. The van der Waals surface area contributed by atoms with E-state index in [0.717, 1.165) is 25.7 Å². The molecule has 3 atom stereocenters. The van der Waals surface area contributed by atoms with Gasteiger partial charge < -0.3 is 10.2 Å². The first kappa shape index (κ1) is 27.6. The molecule has 0 unspecified atom stereocenters. The third-order valence-electron chi connectivity index (χ3n) is 7.84. The van der Waals surface area contributed by atoms with Gasteiger partial charge in [-0.1, -0.05) is 67.6 Å². The number of amides is 4. The van der Waals surface area contributed by atoms with Crippen molar-refractivity contribution in [3.63, 3.8) is 0 Å². The highest BCUT2D eigenvalue weighted by Crippen LogP contribution is 2.35. The average Bonchev–Trinajstić information content (AvgIpc) is 3.13. The lowest BCUT2D eigenvalue weighted by molar-refractivity contribution is -0.144. The molecule has 200 valence electrons. The van der Waals surface area contributed by atoms with Crippen molar-refractivity contribution < 1.29 is 19.2 Å². The maximum Gasteiger partial charge on any atom is 0.243 e. The second kappa shape index (κ2) is 12.4. The van der Waals surface area contributed by atoms with Crippen molar-refractivity contribution in [1.29, 1.82) is 0 Å². The van der Waals surface area contributed by atoms with E-state index in [4.69, 9.17) is 23.2 Å². The Morgan fingerprint density at radius 1 is 1.05 bits per heavy atom. The Bertz CT molecular complexity index is 1040. The van der Waals surface area contributed by atoms with E-state index in [1.165, 1.54) is 16.2 Å². The van der Waals surface area contributed by atoms with Crippen LogP contribution >= 0.6 is 23.2 Å². The molecule has 0 bridgehead atoms. The number of hydrogen-bond acceptors (Lipinski definition) is 4. The molecule has 0 aromatic heterocycles. The Morgan fingerprint density at radius 3 is 2.30 bits per heavy atom. The van der Waals surface area contributed by atoms with Crippen molar-refractivity contribution >= 4 is 46.8 Å². The summed E-state index contributed by atoms with van der Waals surface area (Å²) >= 11 is 12.5. The predicted octanol–water partition coefficient (Wildman–Crippen LogP) is 4.89. The molecule has 1 heterocycles. The fourth-order valence-electron chi connectivity index (χ4n) is 5.74. The number of carbonyl (C=O) groups is 4. The average molecular weight is 549 g/mol. The molecule has 1 aromatic carbocycles. The van der Waals surface area contributed by atoms with E-state index in [-0.39, 0.29) is 61.0 Å². The number of likely N-dealkylation sites (tertiary alicyclic amines) is 1. The topological polar surface area (TPSA) is 86.8 Å². The van der Waals surface area contributed by atoms with E-state index in [9.17, 15) is 19.2 Å². The van der Waals surface area contributed by atoms with Crippen LogP contribution in [-0.2, 0) is 25.7 Å². The lowest BCUT2D eigenvalue weighted by Gasteiger charge is -2.33. The Kier molecular flexibility index (Phi) is 9.30. The SMILES string of the molecule is CC[C@@H](C(=O)NC1CCCCC1)N(Cc1ccc(Cl)cc1Cl)C(=O)CCN1C(=O)[C@H]2CC=CC[C@H]2C1=O. The summed E-state index contributed by atoms with van der Waals surface area (Å²) in [5.74, 6) is -1.56. The van der Waals surface area contributed by atoms with Crippen molar-refractivity contribution in [2.24, 2.45) is 11.8 Å². The van der Waals surface area contributed by atoms with Gasteiger partial charge in [0.2, 0.25) is 23.6 Å². The minimum Gasteiger partial charge on any atom is -0.352 e. The zero-order valence-corrected chi connectivity index (χ0v) is 22.8. The molecule has 1 aliphatic heterocycles. The minimum atomic E-state index is -0.696. The summed E-state index contributed by atoms with van der Waals surface area (Å²) in [7, 11) is 0. The second-order valence-corrected chi connectivity index (χ2v) is 11.1. The number of carbonyl (C=O) groups excluding carboxylic acids is 4. The van der Waals surface area contributed by atoms with Crippen molar-refractivity contribution in [1.82, 2.24) is 15.1 Å². The highest BCUT2D eigenvalue weighted by atomic mass is 35.5. The van der Waals surface area contributed by atoms with Crippen LogP contribution in [0.5, 0.6) is 0 Å². The van der Waals surface area contributed by atoms with Gasteiger partial charge in [0.05, 0.1) is 11.8 Å². The quantitative estimate of drug-likeness (QED) is 0.352. The highest BCUT2D eigenvalue weighted by Gasteiger charge is 2.47. The first-order valence-electron chi connectivity index (χ1n) is 13.3. The van der Waals surface area contributed by atoms with E-state index in [2.05, 4.69) is 5.32 Å². The molecule has 37 heavy (non-hydrogen) atoms. The monoisotopic (exact) mass is 547 g/mol. The molecule has 2 fully saturated rings. The molecule has 4 amide bonds. The van der Waals surface area contributed by atoms with Crippen molar-refractivity contribution in [2.45, 2.75) is 83.3 Å². The van der Waals surface area contributed by atoms with E-state index in [0.29, 0.717) is 34.9 Å². The largest absolute Gasteiger partial charge is 0.352 e. The van der Waals surface area contributed by atoms with Crippen LogP contribution in [-0.4, -0.2) is 52.1 Å². The van der Waals surface area contributed by atoms with Crippen molar-refractivity contribution in [3.05, 3.63) is 46.0 Å². The van der Waals surface area contributed by atoms with Crippen LogP contribution in [0.4, 0.5) is 0 Å². The summed E-state index contributed by atoms with van der Waals surface area (Å²) in [4.78, 5) is 55.5. The first-order valence-corrected chi connectivity index (χ1v) is 14.1. The summed E-state index contributed by atoms with van der Waals surface area (Å²) in [5.41, 5.74) is 0.675. The van der Waals surface area contributed by atoms with Gasteiger partial charge in [-0.05, 0) is 49.8 Å². The molecule has 0 spiro atoms. The zero-order valence-electron chi connectivity index (χ0n) is 21.3. The number of halogens is 2. The van der Waals surface area contributed by atoms with Crippen LogP contribution in [0.1, 0.15) is 70.3 Å². The maximum absolute atomic E-state index is 13.6. The lowest BCUT2D eigenvalue weighted by Crippen LogP contribution is -2.52. The van der Waals surface area contributed by atoms with Gasteiger partial charge in [0, 0.05) is 35.6 Å². The third-order valence-corrected chi connectivity index (χ3v) is 8.43. The standard InChI is InChI=1S/C28H35Cl2N3O4/c1-2-24(26(35)31-20-8-4-3-5-9-20)33(17-18-12-13-19(29)16-23(18)30)25(34)14-15-32-27(36)21-10-6-7-11-22(21)28(32)37/h6-7,12-13,16,20-22,24H,2-5,8-11,14-15,17H2,1H3,(H,31,35)/t21-,22+,24-/m0/s1. The predicted molar refractivity (Wildman–Crippen MR) is 143 cm³/mol. The van der Waals surface area contributed by atoms with Crippen LogP contribution in [0, 0.1) is 11.8 Å². The molecule has 0 radical (unpaired) electrons. The van der Waals surface area contributed by atoms with E-state index in [1.54, 1.807) is 18.2 Å². The summed E-state index contributed by atoms with van der Waals surface area (Å²) in [6, 6.07) is 4.48. The number of benzene rings is 1. The zero-order chi connectivity index (χ0) is 26.5. The Balaban J connectivity index is 1.50. The molecule has 1 saturated carbocycles. The van der Waals surface area contributed by atoms with Crippen LogP contribution in [0.15, 0.2) is 30.4 Å². The number of nitrogens with zero attached hydrogens (tertiary/aromatic N) is 2. The second-order valence-electron chi connectivity index (χ2n) is 10.3. The van der Waals surface area contributed by atoms with Crippen LogP contribution < -0.4 is 5.32 Å². The molecular weight excluding hydrogens is 513 g/mol. The van der Waals surface area contributed by atoms with Gasteiger partial charge in [-0.15, -0.1) is 0 Å². The van der Waals surface area contributed by atoms with Gasteiger partial charge in [-0.2, -0.15) is 0 Å². The third kappa shape index (κ3) is 6.37. The van der Waals surface area contributed by atoms with Crippen LogP contribution in [0.25, 0.3) is 0 Å². The summed E-state index contributed by atoms with van der Waals surface area (Å²) in [5, 5.41) is 4.04. The first-order chi connectivity index (χ1) is 17.8. The van der Waals surface area contributed by atoms with Gasteiger partial charge >= 0.3 is 0 Å². The van der Waals surface area contributed by atoms with Gasteiger partial charge in [0.1, 0.15) is 6.04 Å². The molecule has 1 N–H and O–H groups in total. The molecule has 9 heteroatoms. The van der Waals surface area contributed by atoms with Crippen LogP contribution in [0.3, 0.4) is 0 Å². The number of nitrogens with one attached hydrogen (secondary N) is 1. The minimum absolute atomic E-state index is 0.00896. The van der Waals surface area contributed by atoms with Crippen molar-refractivity contribution in [3.8, 4) is 0 Å². The number of fused-ring (bicyclic) bond motifs is 1. The smallest absolute Gasteiger partial charge is 0.243 e. The summed E-state index contributed by atoms with van der Waals surface area (Å²) < 4.78 is 0. The van der Waals surface area contributed by atoms with Gasteiger partial charge in [0.15, 0.2) is 0 Å². The molecule has 7 nitrogen and oxygen atoms in total. The summed E-state index contributed by atoms with van der Waals surface area (Å²) in [6.07, 6.45) is 10.6. The fraction of sp³-hybridized carbons (Fsp3) is 0.571. The Hall–Kier alpha value is -2.38. The number of allylic oxidation sites excluding steroid dienone is 2. The summed E-state index contributed by atoms with van der Waals surface area (Å²) in [6.45, 7) is 2.01. The lowest BCUT2D eigenvalue weighted by atomic mass is 9.85. The number of imide groups is 1. The van der Waals surface area contributed by atoms with E-state index < -0.39 is 6.04 Å². The number of hydrogen-bond donors (Lipinski definition) is 1. The van der Waals surface area contributed by atoms with E-state index in [1.807, 2.05) is 19.1 Å². The molecule has 2 aliphatic carbocycles. The molecule has 4 rings (SSSR count).